The molecule has 0 N–H and O–H groups in total. The van der Waals surface area contributed by atoms with Gasteiger partial charge in [0.25, 0.3) is 0 Å². The molecule has 0 aliphatic carbocycles. The molecule has 0 atom stereocenters. The molecule has 5 heteroatoms. The van der Waals surface area contributed by atoms with Gasteiger partial charge < -0.3 is 4.57 Å². The third kappa shape index (κ3) is 8.32. The fraction of sp³-hybridized carbons (Fsp3) is 0.417. The molecule has 0 saturated heterocycles. The Kier molecular flexibility index (Phi) is 12.4. The van der Waals surface area contributed by atoms with Gasteiger partial charge in [-0.2, -0.15) is 0 Å². The number of aromatic nitrogens is 3. The maximum Gasteiger partial charge on any atom is 0.0983 e. The Bertz CT molecular complexity index is 2300. The van der Waals surface area contributed by atoms with Crippen LogP contribution in [0.3, 0.4) is 0 Å². The fourth-order valence-electron chi connectivity index (χ4n) is 7.95. The van der Waals surface area contributed by atoms with E-state index in [0.717, 1.165) is 36.8 Å². The number of thiophene rings is 2. The third-order valence-electron chi connectivity index (χ3n) is 10.9. The minimum absolute atomic E-state index is 1.00. The molecule has 4 aromatic heterocycles. The van der Waals surface area contributed by atoms with Crippen LogP contribution in [0, 0.1) is 13.8 Å². The van der Waals surface area contributed by atoms with Crippen LogP contribution in [0.1, 0.15) is 120 Å². The minimum Gasteiger partial charge on any atom is -0.340 e. The van der Waals surface area contributed by atoms with Crippen LogP contribution in [-0.4, -0.2) is 14.5 Å². The topological polar surface area (TPSA) is 30.7 Å². The Hall–Kier alpha value is -3.80. The van der Waals surface area contributed by atoms with Crippen molar-refractivity contribution in [2.75, 3.05) is 0 Å². The lowest BCUT2D eigenvalue weighted by molar-refractivity contribution is 0.571. The first-order valence-electron chi connectivity index (χ1n) is 20.5. The van der Waals surface area contributed by atoms with Gasteiger partial charge in [-0.1, -0.05) is 115 Å². The van der Waals surface area contributed by atoms with Gasteiger partial charge in [-0.15, -0.1) is 22.7 Å². The molecule has 276 valence electrons. The quantitative estimate of drug-likeness (QED) is 0.0821. The van der Waals surface area contributed by atoms with E-state index >= 15 is 0 Å². The maximum atomic E-state index is 5.56. The molecular weight excluding hydrogens is 683 g/mol. The summed E-state index contributed by atoms with van der Waals surface area (Å²) < 4.78 is 2.60. The summed E-state index contributed by atoms with van der Waals surface area (Å²) in [5, 5.41) is 2.72. The van der Waals surface area contributed by atoms with Crippen molar-refractivity contribution in [2.45, 2.75) is 131 Å². The number of rotatable bonds is 18. The molecule has 0 amide bonds. The Labute approximate surface area is 325 Å². The largest absolute Gasteiger partial charge is 0.340 e. The Balaban J connectivity index is 1.29. The van der Waals surface area contributed by atoms with Crippen molar-refractivity contribution in [1.82, 2.24) is 14.5 Å². The van der Waals surface area contributed by atoms with Gasteiger partial charge in [0.05, 0.1) is 22.4 Å². The number of aryl methyl sites for hydroxylation is 5. The minimum atomic E-state index is 1.00. The zero-order valence-electron chi connectivity index (χ0n) is 32.7. The zero-order chi connectivity index (χ0) is 36.7. The van der Waals surface area contributed by atoms with E-state index in [1.54, 1.807) is 0 Å². The van der Waals surface area contributed by atoms with Crippen molar-refractivity contribution in [2.24, 2.45) is 0 Å². The first-order chi connectivity index (χ1) is 26.0. The smallest absolute Gasteiger partial charge is 0.0983 e. The van der Waals surface area contributed by atoms with E-state index in [1.165, 1.54) is 146 Å². The van der Waals surface area contributed by atoms with Crippen LogP contribution in [0.15, 0.2) is 72.8 Å². The van der Waals surface area contributed by atoms with E-state index in [-0.39, 0.29) is 0 Å². The van der Waals surface area contributed by atoms with Crippen LogP contribution in [0.2, 0.25) is 0 Å². The Morgan fingerprint density at radius 2 is 1.06 bits per heavy atom. The van der Waals surface area contributed by atoms with E-state index in [0.29, 0.717) is 0 Å². The zero-order valence-corrected chi connectivity index (χ0v) is 34.3. The molecule has 0 radical (unpaired) electrons. The molecule has 3 aromatic carbocycles. The summed E-state index contributed by atoms with van der Waals surface area (Å²) in [5.41, 5.74) is 12.3. The second-order valence-electron chi connectivity index (χ2n) is 15.1. The second-order valence-corrected chi connectivity index (χ2v) is 17.5. The molecule has 0 saturated carbocycles. The molecule has 7 rings (SSSR count). The van der Waals surface area contributed by atoms with Crippen molar-refractivity contribution in [3.8, 4) is 31.3 Å². The van der Waals surface area contributed by atoms with Gasteiger partial charge in [-0.3, -0.25) is 0 Å². The van der Waals surface area contributed by atoms with Gasteiger partial charge in [0, 0.05) is 59.0 Å². The summed E-state index contributed by atoms with van der Waals surface area (Å²) in [6, 6.07) is 27.9. The van der Waals surface area contributed by atoms with Gasteiger partial charge in [0.1, 0.15) is 0 Å². The summed E-state index contributed by atoms with van der Waals surface area (Å²) >= 11 is 3.74. The van der Waals surface area contributed by atoms with E-state index in [4.69, 9.17) is 9.97 Å². The van der Waals surface area contributed by atoms with Crippen molar-refractivity contribution in [1.29, 1.82) is 0 Å². The van der Waals surface area contributed by atoms with Gasteiger partial charge >= 0.3 is 0 Å². The predicted octanol–water partition coefficient (Wildman–Crippen LogP) is 15.3. The number of hydrogen-bond acceptors (Lipinski definition) is 4. The van der Waals surface area contributed by atoms with Crippen LogP contribution in [0.25, 0.3) is 64.2 Å². The highest BCUT2D eigenvalue weighted by atomic mass is 32.1. The summed E-state index contributed by atoms with van der Waals surface area (Å²) in [6.45, 7) is 12.3. The second kappa shape index (κ2) is 17.6. The molecule has 0 spiro atoms. The maximum absolute atomic E-state index is 5.56. The summed E-state index contributed by atoms with van der Waals surface area (Å²) in [6.07, 6.45) is 17.1. The molecule has 4 heterocycles. The Morgan fingerprint density at radius 3 is 1.70 bits per heavy atom. The number of fused-ring (bicyclic) bond motifs is 4. The van der Waals surface area contributed by atoms with Gasteiger partial charge in [-0.05, 0) is 93.5 Å². The molecule has 53 heavy (non-hydrogen) atoms. The van der Waals surface area contributed by atoms with Crippen molar-refractivity contribution < 1.29 is 0 Å². The van der Waals surface area contributed by atoms with Gasteiger partial charge in [-0.25, -0.2) is 9.97 Å². The predicted molar refractivity (Wildman–Crippen MR) is 234 cm³/mol. The summed E-state index contributed by atoms with van der Waals surface area (Å²) in [5.74, 6) is 0. The van der Waals surface area contributed by atoms with Crippen molar-refractivity contribution >= 4 is 55.5 Å². The van der Waals surface area contributed by atoms with Gasteiger partial charge in [0.2, 0.25) is 0 Å². The molecule has 0 aliphatic rings. The standard InChI is InChI=1S/C48H57N3S2/c1-6-9-12-13-14-17-30-51-42-31-33(4)20-23-36(42)37-24-22-35(32-43(37)51)44-28-29-46(53-44)39-26-25-38(45-27-21-34(5)52-45)47-48(39)50-41(19-16-11-8-3)40(49-47)18-15-10-7-2/h20-29,31-32H,6-19,30H2,1-5H3. The van der Waals surface area contributed by atoms with Crippen molar-refractivity contribution in [3.05, 3.63) is 94.6 Å². The van der Waals surface area contributed by atoms with Crippen LogP contribution >= 0.6 is 22.7 Å². The molecular formula is C48H57N3S2. The highest BCUT2D eigenvalue weighted by Crippen LogP contribution is 2.42. The first-order valence-corrected chi connectivity index (χ1v) is 22.1. The van der Waals surface area contributed by atoms with Crippen LogP contribution < -0.4 is 0 Å². The molecule has 0 aliphatic heterocycles. The van der Waals surface area contributed by atoms with E-state index in [1.807, 2.05) is 22.7 Å². The van der Waals surface area contributed by atoms with Crippen molar-refractivity contribution in [3.63, 3.8) is 0 Å². The SMILES string of the molecule is CCCCCCCCn1c2cc(C)ccc2c2ccc(-c3ccc(-c4ccc(-c5ccc(C)s5)c5nc(CCCCC)c(CCCCC)nc45)s3)cc21. The highest BCUT2D eigenvalue weighted by molar-refractivity contribution is 7.19. The summed E-state index contributed by atoms with van der Waals surface area (Å²) in [4.78, 5) is 16.2. The van der Waals surface area contributed by atoms with Crippen LogP contribution in [-0.2, 0) is 19.4 Å². The first kappa shape index (κ1) is 37.5. The summed E-state index contributed by atoms with van der Waals surface area (Å²) in [7, 11) is 0. The third-order valence-corrected chi connectivity index (χ3v) is 13.1. The molecule has 0 fully saturated rings. The van der Waals surface area contributed by atoms with Crippen LogP contribution in [0.4, 0.5) is 0 Å². The monoisotopic (exact) mass is 739 g/mol. The van der Waals surface area contributed by atoms with Gasteiger partial charge in [0.15, 0.2) is 0 Å². The lowest BCUT2D eigenvalue weighted by Gasteiger charge is -2.14. The Morgan fingerprint density at radius 1 is 0.509 bits per heavy atom. The molecule has 0 bridgehead atoms. The van der Waals surface area contributed by atoms with E-state index in [9.17, 15) is 0 Å². The van der Waals surface area contributed by atoms with Crippen LogP contribution in [0.5, 0.6) is 0 Å². The molecule has 7 aromatic rings. The highest BCUT2D eigenvalue weighted by Gasteiger charge is 2.19. The number of hydrogen-bond donors (Lipinski definition) is 0. The van der Waals surface area contributed by atoms with E-state index < -0.39 is 0 Å². The van der Waals surface area contributed by atoms with E-state index in [2.05, 4.69) is 112 Å². The number of benzene rings is 3. The lowest BCUT2D eigenvalue weighted by atomic mass is 10.0. The average Bonchev–Trinajstić information content (AvgIpc) is 3.90. The average molecular weight is 740 g/mol. The number of nitrogens with zero attached hydrogens (tertiary/aromatic N) is 3. The number of unbranched alkanes of at least 4 members (excludes halogenated alkanes) is 9. The normalized spacial score (nSPS) is 11.9. The fourth-order valence-corrected chi connectivity index (χ4v) is 9.88. The molecule has 0 unspecified atom stereocenters. The lowest BCUT2D eigenvalue weighted by Crippen LogP contribution is -2.05. The molecule has 3 nitrogen and oxygen atoms in total.